The molecule has 0 saturated carbocycles. The third-order valence-corrected chi connectivity index (χ3v) is 3.51. The first-order chi connectivity index (χ1) is 8.59. The fraction of sp³-hybridized carbons (Fsp3) is 0.500. The van der Waals surface area contributed by atoms with Gasteiger partial charge in [-0.15, -0.1) is 0 Å². The van der Waals surface area contributed by atoms with E-state index >= 15 is 0 Å². The van der Waals surface area contributed by atoms with Crippen molar-refractivity contribution in [3.05, 3.63) is 34.9 Å². The summed E-state index contributed by atoms with van der Waals surface area (Å²) in [5, 5.41) is 3.21. The minimum Gasteiger partial charge on any atom is -0.316 e. The van der Waals surface area contributed by atoms with Crippen molar-refractivity contribution in [2.24, 2.45) is 5.92 Å². The molecule has 0 spiro atoms. The predicted octanol–water partition coefficient (Wildman–Crippen LogP) is 2.85. The van der Waals surface area contributed by atoms with Crippen LogP contribution in [0.1, 0.15) is 35.2 Å². The highest BCUT2D eigenvalue weighted by atomic mass is 19.1. The lowest BCUT2D eigenvalue weighted by Crippen LogP contribution is -2.12. The van der Waals surface area contributed by atoms with Crippen LogP contribution in [0.2, 0.25) is 0 Å². The number of Topliss-reactive ketones (excluding diaryl/α,β-unsaturated/α-hetero) is 1. The molecular formula is C14H17F2NO. The molecule has 0 amide bonds. The standard InChI is InChI=1S/C14H17F2NO/c1-9-2-4-11(15)13(14(9)16)12(18)5-3-10-6-7-17-8-10/h2,4,10,17H,3,5-8H2,1H3. The van der Waals surface area contributed by atoms with E-state index < -0.39 is 17.4 Å². The molecule has 1 N–H and O–H groups in total. The average Bonchev–Trinajstić information content (AvgIpc) is 2.85. The predicted molar refractivity (Wildman–Crippen MR) is 65.6 cm³/mol. The number of hydrogen-bond acceptors (Lipinski definition) is 2. The Morgan fingerprint density at radius 1 is 1.44 bits per heavy atom. The molecule has 1 unspecified atom stereocenters. The Bertz CT molecular complexity index is 453. The van der Waals surface area contributed by atoms with Gasteiger partial charge in [-0.3, -0.25) is 4.79 Å². The van der Waals surface area contributed by atoms with Crippen LogP contribution in [0, 0.1) is 24.5 Å². The molecule has 1 aliphatic rings. The Morgan fingerprint density at radius 2 is 2.22 bits per heavy atom. The summed E-state index contributed by atoms with van der Waals surface area (Å²) in [5.41, 5.74) is -0.0664. The van der Waals surface area contributed by atoms with Gasteiger partial charge >= 0.3 is 0 Å². The molecule has 1 fully saturated rings. The number of carbonyl (C=O) groups excluding carboxylic acids is 1. The van der Waals surface area contributed by atoms with Gasteiger partial charge in [-0.1, -0.05) is 6.07 Å². The highest BCUT2D eigenvalue weighted by Gasteiger charge is 2.21. The highest BCUT2D eigenvalue weighted by Crippen LogP contribution is 2.21. The van der Waals surface area contributed by atoms with Crippen LogP contribution >= 0.6 is 0 Å². The molecule has 0 aromatic heterocycles. The van der Waals surface area contributed by atoms with E-state index in [0.29, 0.717) is 17.9 Å². The summed E-state index contributed by atoms with van der Waals surface area (Å²) in [6.45, 7) is 3.39. The molecule has 1 atom stereocenters. The lowest BCUT2D eigenvalue weighted by molar-refractivity contribution is 0.0966. The van der Waals surface area contributed by atoms with Crippen molar-refractivity contribution < 1.29 is 13.6 Å². The summed E-state index contributed by atoms with van der Waals surface area (Å²) in [5.74, 6) is -1.46. The zero-order valence-corrected chi connectivity index (χ0v) is 10.4. The van der Waals surface area contributed by atoms with Crippen molar-refractivity contribution in [3.63, 3.8) is 0 Å². The Labute approximate surface area is 105 Å². The van der Waals surface area contributed by atoms with E-state index in [-0.39, 0.29) is 12.0 Å². The molecule has 1 aromatic carbocycles. The van der Waals surface area contributed by atoms with Gasteiger partial charge in [0.05, 0.1) is 5.56 Å². The first-order valence-corrected chi connectivity index (χ1v) is 6.28. The van der Waals surface area contributed by atoms with Crippen molar-refractivity contribution in [2.75, 3.05) is 13.1 Å². The van der Waals surface area contributed by atoms with Gasteiger partial charge in [0.1, 0.15) is 11.6 Å². The minimum atomic E-state index is -0.757. The Balaban J connectivity index is 2.06. The summed E-state index contributed by atoms with van der Waals surface area (Å²) in [7, 11) is 0. The number of carbonyl (C=O) groups is 1. The van der Waals surface area contributed by atoms with Crippen molar-refractivity contribution in [1.82, 2.24) is 5.32 Å². The van der Waals surface area contributed by atoms with E-state index in [1.807, 2.05) is 0 Å². The molecule has 0 radical (unpaired) electrons. The molecule has 18 heavy (non-hydrogen) atoms. The summed E-state index contributed by atoms with van der Waals surface area (Å²) in [6, 6.07) is 2.51. The molecule has 2 rings (SSSR count). The number of halogens is 2. The monoisotopic (exact) mass is 253 g/mol. The van der Waals surface area contributed by atoms with Crippen LogP contribution in [0.3, 0.4) is 0 Å². The molecule has 4 heteroatoms. The molecule has 1 aromatic rings. The molecule has 2 nitrogen and oxygen atoms in total. The van der Waals surface area contributed by atoms with Gasteiger partial charge in [0.2, 0.25) is 0 Å². The first-order valence-electron chi connectivity index (χ1n) is 6.28. The fourth-order valence-corrected chi connectivity index (χ4v) is 2.33. The molecule has 1 aliphatic heterocycles. The van der Waals surface area contributed by atoms with Crippen LogP contribution in [0.15, 0.2) is 12.1 Å². The normalized spacial score (nSPS) is 19.2. The zero-order valence-electron chi connectivity index (χ0n) is 10.4. The van der Waals surface area contributed by atoms with Gasteiger partial charge in [-0.2, -0.15) is 0 Å². The van der Waals surface area contributed by atoms with Gasteiger partial charge in [0.25, 0.3) is 0 Å². The second kappa shape index (κ2) is 5.57. The largest absolute Gasteiger partial charge is 0.316 e. The lowest BCUT2D eigenvalue weighted by atomic mass is 9.96. The Morgan fingerprint density at radius 3 is 2.89 bits per heavy atom. The lowest BCUT2D eigenvalue weighted by Gasteiger charge is -2.09. The van der Waals surface area contributed by atoms with E-state index in [0.717, 1.165) is 25.6 Å². The maximum atomic E-state index is 13.7. The molecule has 98 valence electrons. The number of rotatable bonds is 4. The van der Waals surface area contributed by atoms with Crippen molar-refractivity contribution >= 4 is 5.78 Å². The van der Waals surface area contributed by atoms with Gasteiger partial charge in [-0.05, 0) is 50.4 Å². The molecule has 1 saturated heterocycles. The van der Waals surface area contributed by atoms with E-state index in [4.69, 9.17) is 0 Å². The first kappa shape index (κ1) is 13.1. The summed E-state index contributed by atoms with van der Waals surface area (Å²) in [4.78, 5) is 11.9. The van der Waals surface area contributed by atoms with E-state index in [1.54, 1.807) is 0 Å². The van der Waals surface area contributed by atoms with Crippen LogP contribution < -0.4 is 5.32 Å². The maximum absolute atomic E-state index is 13.7. The highest BCUT2D eigenvalue weighted by molar-refractivity contribution is 5.96. The number of ketones is 1. The van der Waals surface area contributed by atoms with Gasteiger partial charge < -0.3 is 5.32 Å². The topological polar surface area (TPSA) is 29.1 Å². The van der Waals surface area contributed by atoms with Gasteiger partial charge in [0.15, 0.2) is 5.78 Å². The van der Waals surface area contributed by atoms with Crippen molar-refractivity contribution in [1.29, 1.82) is 0 Å². The van der Waals surface area contributed by atoms with Crippen molar-refractivity contribution in [3.8, 4) is 0 Å². The van der Waals surface area contributed by atoms with Crippen LogP contribution in [0.25, 0.3) is 0 Å². The van der Waals surface area contributed by atoms with E-state index in [2.05, 4.69) is 5.32 Å². The fourth-order valence-electron chi connectivity index (χ4n) is 2.33. The number of aryl methyl sites for hydroxylation is 1. The SMILES string of the molecule is Cc1ccc(F)c(C(=O)CCC2CCNC2)c1F. The second-order valence-electron chi connectivity index (χ2n) is 4.87. The number of nitrogens with one attached hydrogen (secondary N) is 1. The molecule has 0 bridgehead atoms. The van der Waals surface area contributed by atoms with Crippen molar-refractivity contribution in [2.45, 2.75) is 26.2 Å². The summed E-state index contributed by atoms with van der Waals surface area (Å²) in [6.07, 6.45) is 1.94. The number of hydrogen-bond donors (Lipinski definition) is 1. The molecular weight excluding hydrogens is 236 g/mol. The Kier molecular flexibility index (Phi) is 4.07. The number of benzene rings is 1. The Hall–Kier alpha value is -1.29. The third-order valence-electron chi connectivity index (χ3n) is 3.51. The van der Waals surface area contributed by atoms with Crippen LogP contribution in [0.4, 0.5) is 8.78 Å². The van der Waals surface area contributed by atoms with Crippen LogP contribution in [-0.4, -0.2) is 18.9 Å². The second-order valence-corrected chi connectivity index (χ2v) is 4.87. The van der Waals surface area contributed by atoms with Crippen LogP contribution in [-0.2, 0) is 0 Å². The quantitative estimate of drug-likeness (QED) is 0.836. The zero-order chi connectivity index (χ0) is 13.1. The summed E-state index contributed by atoms with van der Waals surface area (Å²) >= 11 is 0. The van der Waals surface area contributed by atoms with Gasteiger partial charge in [-0.25, -0.2) is 8.78 Å². The average molecular weight is 253 g/mol. The maximum Gasteiger partial charge on any atom is 0.168 e. The van der Waals surface area contributed by atoms with Gasteiger partial charge in [0, 0.05) is 6.42 Å². The molecule has 1 heterocycles. The van der Waals surface area contributed by atoms with Crippen LogP contribution in [0.5, 0.6) is 0 Å². The summed E-state index contributed by atoms with van der Waals surface area (Å²) < 4.78 is 27.2. The third kappa shape index (κ3) is 2.75. The molecule has 0 aliphatic carbocycles. The van der Waals surface area contributed by atoms with E-state index in [9.17, 15) is 13.6 Å². The smallest absolute Gasteiger partial charge is 0.168 e. The van der Waals surface area contributed by atoms with E-state index in [1.165, 1.54) is 13.0 Å². The minimum absolute atomic E-state index is 0.212.